The highest BCUT2D eigenvalue weighted by Gasteiger charge is 2.18. The average molecular weight is 219 g/mol. The minimum atomic E-state index is 0.0856. The smallest absolute Gasteiger partial charge is 0.126 e. The molecule has 0 aliphatic rings. The molecule has 0 amide bonds. The molecule has 2 aromatic heterocycles. The Hall–Kier alpha value is -1.55. The monoisotopic (exact) mass is 219 g/mol. The van der Waals surface area contributed by atoms with Gasteiger partial charge in [0, 0.05) is 7.05 Å². The molecule has 0 saturated heterocycles. The minimum absolute atomic E-state index is 0.0856. The van der Waals surface area contributed by atoms with Gasteiger partial charge >= 0.3 is 0 Å². The van der Waals surface area contributed by atoms with Gasteiger partial charge in [-0.1, -0.05) is 6.92 Å². The lowest BCUT2D eigenvalue weighted by Crippen LogP contribution is -2.24. The van der Waals surface area contributed by atoms with Gasteiger partial charge in [0.15, 0.2) is 0 Å². The van der Waals surface area contributed by atoms with Crippen LogP contribution in [0.25, 0.3) is 0 Å². The molecule has 1 unspecified atom stereocenters. The van der Waals surface area contributed by atoms with Gasteiger partial charge in [-0.15, -0.1) is 0 Å². The number of imidazole rings is 1. The maximum Gasteiger partial charge on any atom is 0.126 e. The van der Waals surface area contributed by atoms with Crippen LogP contribution in [-0.2, 0) is 7.05 Å². The molecule has 0 spiro atoms. The summed E-state index contributed by atoms with van der Waals surface area (Å²) in [4.78, 5) is 4.14. The first-order valence-electron chi connectivity index (χ1n) is 5.56. The molecule has 0 bridgehead atoms. The molecule has 0 aliphatic carbocycles. The standard InChI is InChI=1S/C12H17N3O/c1-3-6-14-12(11-5-4-7-16-11)10-8-13-9-15(10)2/h4-5,7-9,12,14H,3,6H2,1-2H3. The topological polar surface area (TPSA) is 43.0 Å². The Morgan fingerprint density at radius 2 is 2.44 bits per heavy atom. The zero-order valence-corrected chi connectivity index (χ0v) is 9.68. The van der Waals surface area contributed by atoms with E-state index in [1.807, 2.05) is 29.9 Å². The van der Waals surface area contributed by atoms with Crippen molar-refractivity contribution in [2.24, 2.45) is 7.05 Å². The molecule has 0 saturated carbocycles. The van der Waals surface area contributed by atoms with Gasteiger partial charge in [0.05, 0.1) is 24.5 Å². The maximum absolute atomic E-state index is 5.47. The Bertz CT molecular complexity index is 419. The van der Waals surface area contributed by atoms with E-state index in [0.29, 0.717) is 0 Å². The van der Waals surface area contributed by atoms with Crippen molar-refractivity contribution < 1.29 is 4.42 Å². The van der Waals surface area contributed by atoms with E-state index in [1.54, 1.807) is 12.6 Å². The summed E-state index contributed by atoms with van der Waals surface area (Å²) in [6.45, 7) is 3.10. The third-order valence-corrected chi connectivity index (χ3v) is 2.58. The van der Waals surface area contributed by atoms with Crippen molar-refractivity contribution in [2.75, 3.05) is 6.54 Å². The lowest BCUT2D eigenvalue weighted by Gasteiger charge is -2.16. The molecule has 0 aromatic carbocycles. The quantitative estimate of drug-likeness (QED) is 0.837. The fourth-order valence-electron chi connectivity index (χ4n) is 1.74. The predicted molar refractivity (Wildman–Crippen MR) is 62.1 cm³/mol. The van der Waals surface area contributed by atoms with Crippen LogP contribution >= 0.6 is 0 Å². The van der Waals surface area contributed by atoms with Crippen molar-refractivity contribution >= 4 is 0 Å². The minimum Gasteiger partial charge on any atom is -0.467 e. The molecular formula is C12H17N3O. The van der Waals surface area contributed by atoms with Crippen LogP contribution in [0.2, 0.25) is 0 Å². The van der Waals surface area contributed by atoms with Gasteiger partial charge in [-0.05, 0) is 25.1 Å². The summed E-state index contributed by atoms with van der Waals surface area (Å²) in [7, 11) is 1.99. The summed E-state index contributed by atoms with van der Waals surface area (Å²) in [5.41, 5.74) is 1.11. The van der Waals surface area contributed by atoms with Crippen molar-refractivity contribution in [1.82, 2.24) is 14.9 Å². The third-order valence-electron chi connectivity index (χ3n) is 2.58. The molecule has 86 valence electrons. The lowest BCUT2D eigenvalue weighted by atomic mass is 10.1. The molecule has 1 atom stereocenters. The largest absolute Gasteiger partial charge is 0.467 e. The normalized spacial score (nSPS) is 12.9. The van der Waals surface area contributed by atoms with Crippen LogP contribution in [0.4, 0.5) is 0 Å². The van der Waals surface area contributed by atoms with Gasteiger partial charge < -0.3 is 14.3 Å². The molecule has 4 nitrogen and oxygen atoms in total. The van der Waals surface area contributed by atoms with Crippen molar-refractivity contribution in [3.8, 4) is 0 Å². The van der Waals surface area contributed by atoms with Crippen LogP contribution in [0, 0.1) is 0 Å². The molecule has 2 heterocycles. The van der Waals surface area contributed by atoms with Gasteiger partial charge in [0.1, 0.15) is 11.8 Å². The number of rotatable bonds is 5. The van der Waals surface area contributed by atoms with Crippen LogP contribution in [0.1, 0.15) is 30.8 Å². The number of aromatic nitrogens is 2. The predicted octanol–water partition coefficient (Wildman–Crippen LogP) is 2.10. The molecular weight excluding hydrogens is 202 g/mol. The van der Waals surface area contributed by atoms with Crippen LogP contribution < -0.4 is 5.32 Å². The van der Waals surface area contributed by atoms with E-state index in [1.165, 1.54) is 0 Å². The van der Waals surface area contributed by atoms with Gasteiger partial charge in [0.25, 0.3) is 0 Å². The molecule has 4 heteroatoms. The summed E-state index contributed by atoms with van der Waals surface area (Å²) in [5, 5.41) is 3.46. The third kappa shape index (κ3) is 2.17. The highest BCUT2D eigenvalue weighted by molar-refractivity contribution is 5.18. The summed E-state index contributed by atoms with van der Waals surface area (Å²) in [5.74, 6) is 0.928. The number of furan rings is 1. The van der Waals surface area contributed by atoms with Crippen LogP contribution in [0.5, 0.6) is 0 Å². The van der Waals surface area contributed by atoms with Crippen LogP contribution in [-0.4, -0.2) is 16.1 Å². The summed E-state index contributed by atoms with van der Waals surface area (Å²) < 4.78 is 7.48. The van der Waals surface area contributed by atoms with Crippen LogP contribution in [0.15, 0.2) is 35.3 Å². The molecule has 2 aromatic rings. The Balaban J connectivity index is 2.25. The van der Waals surface area contributed by atoms with Crippen molar-refractivity contribution in [2.45, 2.75) is 19.4 Å². The fourth-order valence-corrected chi connectivity index (χ4v) is 1.74. The van der Waals surface area contributed by atoms with Gasteiger partial charge in [-0.2, -0.15) is 0 Å². The molecule has 16 heavy (non-hydrogen) atoms. The molecule has 0 fully saturated rings. The average Bonchev–Trinajstić information content (AvgIpc) is 2.91. The van der Waals surface area contributed by atoms with E-state index >= 15 is 0 Å². The number of nitrogens with one attached hydrogen (secondary N) is 1. The van der Waals surface area contributed by atoms with Gasteiger partial charge in [-0.3, -0.25) is 0 Å². The highest BCUT2D eigenvalue weighted by atomic mass is 16.3. The number of nitrogens with zero attached hydrogens (tertiary/aromatic N) is 2. The Kier molecular flexibility index (Phi) is 3.41. The van der Waals surface area contributed by atoms with E-state index in [2.05, 4.69) is 17.2 Å². The van der Waals surface area contributed by atoms with E-state index in [9.17, 15) is 0 Å². The zero-order valence-electron chi connectivity index (χ0n) is 9.68. The van der Waals surface area contributed by atoms with Gasteiger partial charge in [0.2, 0.25) is 0 Å². The number of hydrogen-bond donors (Lipinski definition) is 1. The summed E-state index contributed by atoms with van der Waals surface area (Å²) in [6.07, 6.45) is 6.47. The number of aryl methyl sites for hydroxylation is 1. The Morgan fingerprint density at radius 3 is 3.00 bits per heavy atom. The van der Waals surface area contributed by atoms with E-state index in [0.717, 1.165) is 24.4 Å². The van der Waals surface area contributed by atoms with E-state index in [-0.39, 0.29) is 6.04 Å². The van der Waals surface area contributed by atoms with Gasteiger partial charge in [-0.25, -0.2) is 4.98 Å². The maximum atomic E-state index is 5.47. The van der Waals surface area contributed by atoms with E-state index < -0.39 is 0 Å². The SMILES string of the molecule is CCCNC(c1ccco1)c1cncn1C. The first-order valence-corrected chi connectivity index (χ1v) is 5.56. The molecule has 0 radical (unpaired) electrons. The Labute approximate surface area is 95.3 Å². The fraction of sp³-hybridized carbons (Fsp3) is 0.417. The Morgan fingerprint density at radius 1 is 1.56 bits per heavy atom. The zero-order chi connectivity index (χ0) is 11.4. The first kappa shape index (κ1) is 11.0. The second-order valence-electron chi connectivity index (χ2n) is 3.83. The lowest BCUT2D eigenvalue weighted by molar-refractivity contribution is 0.436. The second kappa shape index (κ2) is 4.99. The number of hydrogen-bond acceptors (Lipinski definition) is 3. The molecule has 2 rings (SSSR count). The van der Waals surface area contributed by atoms with E-state index in [4.69, 9.17) is 4.42 Å². The molecule has 0 aliphatic heterocycles. The second-order valence-corrected chi connectivity index (χ2v) is 3.83. The van der Waals surface area contributed by atoms with Crippen molar-refractivity contribution in [3.05, 3.63) is 42.4 Å². The highest BCUT2D eigenvalue weighted by Crippen LogP contribution is 2.21. The summed E-state index contributed by atoms with van der Waals surface area (Å²) in [6, 6.07) is 3.98. The van der Waals surface area contributed by atoms with Crippen LogP contribution in [0.3, 0.4) is 0 Å². The van der Waals surface area contributed by atoms with Crippen molar-refractivity contribution in [3.63, 3.8) is 0 Å². The first-order chi connectivity index (χ1) is 7.83. The summed E-state index contributed by atoms with van der Waals surface area (Å²) >= 11 is 0. The molecule has 1 N–H and O–H groups in total. The van der Waals surface area contributed by atoms with Crippen molar-refractivity contribution in [1.29, 1.82) is 0 Å².